The van der Waals surface area contributed by atoms with E-state index in [1.54, 1.807) is 12.0 Å². The summed E-state index contributed by atoms with van der Waals surface area (Å²) >= 11 is 0. The fourth-order valence-electron chi connectivity index (χ4n) is 2.64. The lowest BCUT2D eigenvalue weighted by Gasteiger charge is -2.20. The van der Waals surface area contributed by atoms with Gasteiger partial charge in [-0.3, -0.25) is 4.79 Å². The van der Waals surface area contributed by atoms with Crippen molar-refractivity contribution in [1.29, 1.82) is 0 Å². The van der Waals surface area contributed by atoms with E-state index in [1.807, 2.05) is 28.8 Å². The van der Waals surface area contributed by atoms with Gasteiger partial charge in [-0.25, -0.2) is 4.98 Å². The Morgan fingerprint density at radius 3 is 2.95 bits per heavy atom. The van der Waals surface area contributed by atoms with Gasteiger partial charge in [0.25, 0.3) is 5.91 Å². The van der Waals surface area contributed by atoms with E-state index in [0.717, 1.165) is 24.2 Å². The maximum atomic E-state index is 12.8. The van der Waals surface area contributed by atoms with Crippen LogP contribution in [0.1, 0.15) is 35.1 Å². The van der Waals surface area contributed by atoms with Crippen LogP contribution in [-0.2, 0) is 4.74 Å². The zero-order chi connectivity index (χ0) is 15.5. The molecule has 0 unspecified atom stereocenters. The molecule has 0 atom stereocenters. The summed E-state index contributed by atoms with van der Waals surface area (Å²) in [4.78, 5) is 19.0. The van der Waals surface area contributed by atoms with Crippen LogP contribution in [0.4, 0.5) is 0 Å². The summed E-state index contributed by atoms with van der Waals surface area (Å²) in [5, 5.41) is 9.19. The van der Waals surface area contributed by atoms with Crippen LogP contribution in [0.15, 0.2) is 24.4 Å². The van der Waals surface area contributed by atoms with Crippen molar-refractivity contribution in [3.05, 3.63) is 35.9 Å². The maximum absolute atomic E-state index is 12.8. The number of carbonyl (C=O) groups excluding carboxylic acids is 1. The van der Waals surface area contributed by atoms with Gasteiger partial charge in [-0.15, -0.1) is 0 Å². The summed E-state index contributed by atoms with van der Waals surface area (Å²) < 4.78 is 7.06. The highest BCUT2D eigenvalue weighted by Crippen LogP contribution is 2.40. The van der Waals surface area contributed by atoms with Gasteiger partial charge < -0.3 is 19.1 Å². The SMILES string of the molecule is COCCN(CCO)C(=O)c1nc(C2CC2)n2ccccc12. The van der Waals surface area contributed by atoms with Crippen LogP contribution in [0.2, 0.25) is 0 Å². The summed E-state index contributed by atoms with van der Waals surface area (Å²) in [5.41, 5.74) is 1.29. The van der Waals surface area contributed by atoms with E-state index in [0.29, 0.717) is 24.8 Å². The molecule has 1 amide bonds. The number of fused-ring (bicyclic) bond motifs is 1. The number of aliphatic hydroxyl groups excluding tert-OH is 1. The molecule has 0 bridgehead atoms. The van der Waals surface area contributed by atoms with Crippen molar-refractivity contribution in [2.45, 2.75) is 18.8 Å². The standard InChI is InChI=1S/C16H21N3O3/c1-22-11-9-18(8-10-20)16(21)14-13-4-2-3-7-19(13)15(17-14)12-5-6-12/h2-4,7,12,20H,5-6,8-11H2,1H3. The topological polar surface area (TPSA) is 67.1 Å². The molecule has 0 radical (unpaired) electrons. The Morgan fingerprint density at radius 1 is 1.45 bits per heavy atom. The molecule has 118 valence electrons. The van der Waals surface area contributed by atoms with Gasteiger partial charge in [0.15, 0.2) is 5.69 Å². The first-order valence-electron chi connectivity index (χ1n) is 7.62. The molecule has 6 nitrogen and oxygen atoms in total. The van der Waals surface area contributed by atoms with E-state index in [1.165, 1.54) is 0 Å². The van der Waals surface area contributed by atoms with Crippen molar-refractivity contribution < 1.29 is 14.6 Å². The van der Waals surface area contributed by atoms with E-state index in [2.05, 4.69) is 4.98 Å². The Bertz CT molecular complexity index is 664. The molecule has 2 aromatic rings. The number of carbonyl (C=O) groups is 1. The van der Waals surface area contributed by atoms with Crippen molar-refractivity contribution in [2.75, 3.05) is 33.4 Å². The molecular formula is C16H21N3O3. The average molecular weight is 303 g/mol. The van der Waals surface area contributed by atoms with E-state index < -0.39 is 0 Å². The number of methoxy groups -OCH3 is 1. The molecule has 6 heteroatoms. The lowest BCUT2D eigenvalue weighted by Crippen LogP contribution is -2.36. The largest absolute Gasteiger partial charge is 0.395 e. The van der Waals surface area contributed by atoms with Crippen LogP contribution < -0.4 is 0 Å². The first-order valence-corrected chi connectivity index (χ1v) is 7.62. The third-order valence-electron chi connectivity index (χ3n) is 3.94. The van der Waals surface area contributed by atoms with Gasteiger partial charge in [-0.2, -0.15) is 0 Å². The number of imidazole rings is 1. The van der Waals surface area contributed by atoms with Crippen LogP contribution >= 0.6 is 0 Å². The van der Waals surface area contributed by atoms with E-state index >= 15 is 0 Å². The first-order chi connectivity index (χ1) is 10.8. The molecule has 1 N–H and O–H groups in total. The van der Waals surface area contributed by atoms with Crippen LogP contribution in [-0.4, -0.2) is 58.7 Å². The number of aliphatic hydroxyl groups is 1. The van der Waals surface area contributed by atoms with E-state index in [-0.39, 0.29) is 19.1 Å². The maximum Gasteiger partial charge on any atom is 0.274 e. The minimum absolute atomic E-state index is 0.0727. The number of amides is 1. The second-order valence-electron chi connectivity index (χ2n) is 5.56. The molecule has 0 aliphatic heterocycles. The summed E-state index contributed by atoms with van der Waals surface area (Å²) in [6.45, 7) is 1.09. The Labute approximate surface area is 129 Å². The third-order valence-corrected chi connectivity index (χ3v) is 3.94. The smallest absolute Gasteiger partial charge is 0.274 e. The Morgan fingerprint density at radius 2 is 2.27 bits per heavy atom. The number of rotatable bonds is 7. The normalized spacial score (nSPS) is 14.5. The first kappa shape index (κ1) is 15.0. The summed E-state index contributed by atoms with van der Waals surface area (Å²) in [7, 11) is 1.60. The second kappa shape index (κ2) is 6.46. The fourth-order valence-corrected chi connectivity index (χ4v) is 2.64. The number of ether oxygens (including phenoxy) is 1. The lowest BCUT2D eigenvalue weighted by atomic mass is 10.3. The van der Waals surface area contributed by atoms with Crippen molar-refractivity contribution in [1.82, 2.24) is 14.3 Å². The average Bonchev–Trinajstić information content (AvgIpc) is 3.31. The van der Waals surface area contributed by atoms with Crippen molar-refractivity contribution in [3.63, 3.8) is 0 Å². The van der Waals surface area contributed by atoms with Gasteiger partial charge in [-0.1, -0.05) is 6.07 Å². The van der Waals surface area contributed by atoms with Gasteiger partial charge in [0.2, 0.25) is 0 Å². The monoisotopic (exact) mass is 303 g/mol. The zero-order valence-corrected chi connectivity index (χ0v) is 12.7. The van der Waals surface area contributed by atoms with Gasteiger partial charge in [-0.05, 0) is 25.0 Å². The molecule has 0 saturated heterocycles. The van der Waals surface area contributed by atoms with E-state index in [4.69, 9.17) is 4.74 Å². The van der Waals surface area contributed by atoms with E-state index in [9.17, 15) is 9.90 Å². The van der Waals surface area contributed by atoms with Crippen LogP contribution in [0.3, 0.4) is 0 Å². The van der Waals surface area contributed by atoms with Crippen LogP contribution in [0, 0.1) is 0 Å². The molecule has 3 rings (SSSR count). The Kier molecular flexibility index (Phi) is 4.40. The molecule has 2 heterocycles. The Balaban J connectivity index is 1.95. The van der Waals surface area contributed by atoms with Crippen molar-refractivity contribution >= 4 is 11.4 Å². The third kappa shape index (κ3) is 2.84. The zero-order valence-electron chi connectivity index (χ0n) is 12.7. The van der Waals surface area contributed by atoms with Crippen molar-refractivity contribution in [3.8, 4) is 0 Å². The number of hydrogen-bond donors (Lipinski definition) is 1. The van der Waals surface area contributed by atoms with Crippen LogP contribution in [0.25, 0.3) is 5.52 Å². The summed E-state index contributed by atoms with van der Waals surface area (Å²) in [6.07, 6.45) is 4.22. The lowest BCUT2D eigenvalue weighted by molar-refractivity contribution is 0.0653. The summed E-state index contributed by atoms with van der Waals surface area (Å²) in [5.74, 6) is 1.28. The minimum atomic E-state index is -0.151. The number of pyridine rings is 1. The molecule has 0 spiro atoms. The fraction of sp³-hybridized carbons (Fsp3) is 0.500. The molecular weight excluding hydrogens is 282 g/mol. The Hall–Kier alpha value is -1.92. The van der Waals surface area contributed by atoms with Gasteiger partial charge in [0.05, 0.1) is 18.7 Å². The highest BCUT2D eigenvalue weighted by molar-refractivity contribution is 5.99. The number of nitrogens with zero attached hydrogens (tertiary/aromatic N) is 3. The minimum Gasteiger partial charge on any atom is -0.395 e. The molecule has 0 aromatic carbocycles. The van der Waals surface area contributed by atoms with Gasteiger partial charge >= 0.3 is 0 Å². The molecule has 1 aliphatic carbocycles. The molecule has 1 aliphatic rings. The quantitative estimate of drug-likeness (QED) is 0.837. The predicted octanol–water partition coefficient (Wildman–Crippen LogP) is 1.29. The predicted molar refractivity (Wildman–Crippen MR) is 82.0 cm³/mol. The summed E-state index contributed by atoms with van der Waals surface area (Å²) in [6, 6.07) is 5.78. The molecule has 1 saturated carbocycles. The number of hydrogen-bond acceptors (Lipinski definition) is 4. The highest BCUT2D eigenvalue weighted by Gasteiger charge is 2.31. The molecule has 2 aromatic heterocycles. The van der Waals surface area contributed by atoms with Gasteiger partial charge in [0.1, 0.15) is 5.82 Å². The van der Waals surface area contributed by atoms with Gasteiger partial charge in [0, 0.05) is 32.3 Å². The number of aromatic nitrogens is 2. The highest BCUT2D eigenvalue weighted by atomic mass is 16.5. The van der Waals surface area contributed by atoms with Crippen LogP contribution in [0.5, 0.6) is 0 Å². The second-order valence-corrected chi connectivity index (χ2v) is 5.56. The molecule has 1 fully saturated rings. The molecule has 22 heavy (non-hydrogen) atoms. The van der Waals surface area contributed by atoms with Crippen molar-refractivity contribution in [2.24, 2.45) is 0 Å².